The third kappa shape index (κ3) is 3.89. The summed E-state index contributed by atoms with van der Waals surface area (Å²) in [5, 5.41) is 5.78. The van der Waals surface area contributed by atoms with Gasteiger partial charge in [-0.1, -0.05) is 0 Å². The number of rotatable bonds is 6. The molecule has 5 nitrogen and oxygen atoms in total. The minimum atomic E-state index is -0.394. The number of nitrogens with one attached hydrogen (secondary N) is 2. The van der Waals surface area contributed by atoms with Crippen molar-refractivity contribution in [2.24, 2.45) is 0 Å². The maximum absolute atomic E-state index is 11.4. The van der Waals surface area contributed by atoms with Gasteiger partial charge in [-0.25, -0.2) is 4.79 Å². The molecular weight excluding hydrogens is 196 g/mol. The first-order valence-corrected chi connectivity index (χ1v) is 4.88. The molecule has 0 aromatic carbocycles. The van der Waals surface area contributed by atoms with Crippen LogP contribution in [-0.4, -0.2) is 40.0 Å². The first-order valence-electron chi connectivity index (χ1n) is 4.88. The van der Waals surface area contributed by atoms with E-state index in [-0.39, 0.29) is 6.23 Å². The average Bonchev–Trinajstić information content (AvgIpc) is 2.26. The van der Waals surface area contributed by atoms with Gasteiger partial charge < -0.3 is 14.8 Å². The average molecular weight is 216 g/mol. The second-order valence-electron chi connectivity index (χ2n) is 2.92. The highest BCUT2D eigenvalue weighted by Gasteiger charge is 2.17. The largest absolute Gasteiger partial charge is 0.464 e. The van der Waals surface area contributed by atoms with Gasteiger partial charge in [-0.2, -0.15) is 0 Å². The maximum atomic E-state index is 11.4. The van der Waals surface area contributed by atoms with Crippen molar-refractivity contribution in [3.63, 3.8) is 0 Å². The molecule has 1 atom stereocenters. The summed E-state index contributed by atoms with van der Waals surface area (Å²) in [7, 11) is 4.80. The van der Waals surface area contributed by atoms with Crippen LogP contribution in [-0.2, 0) is 14.3 Å². The molecule has 0 heterocycles. The highest BCUT2D eigenvalue weighted by atomic mass is 16.5. The van der Waals surface area contributed by atoms with Crippen molar-refractivity contribution in [1.82, 2.24) is 10.6 Å². The third-order valence-electron chi connectivity index (χ3n) is 2.02. The van der Waals surface area contributed by atoms with E-state index < -0.39 is 5.97 Å². The van der Waals surface area contributed by atoms with Crippen molar-refractivity contribution in [2.75, 3.05) is 27.8 Å². The fraction of sp³-hybridized carbons (Fsp3) is 0.700. The highest BCUT2D eigenvalue weighted by Crippen LogP contribution is 2.09. The number of ether oxygens (including phenoxy) is 2. The summed E-state index contributed by atoms with van der Waals surface area (Å²) < 4.78 is 10.1. The van der Waals surface area contributed by atoms with E-state index in [1.165, 1.54) is 7.11 Å². The van der Waals surface area contributed by atoms with Gasteiger partial charge in [0.15, 0.2) is 0 Å². The van der Waals surface area contributed by atoms with Gasteiger partial charge in [-0.15, -0.1) is 0 Å². The molecule has 0 amide bonds. The number of likely N-dealkylation sites (N-methyl/N-ethyl adjacent to an activating group) is 2. The first-order chi connectivity index (χ1) is 7.12. The van der Waals surface area contributed by atoms with Crippen LogP contribution in [0.1, 0.15) is 13.8 Å². The van der Waals surface area contributed by atoms with Gasteiger partial charge in [0.2, 0.25) is 0 Å². The molecule has 0 rings (SSSR count). The number of esters is 1. The first kappa shape index (κ1) is 13.9. The number of carbonyl (C=O) groups excluding carboxylic acids is 1. The monoisotopic (exact) mass is 216 g/mol. The van der Waals surface area contributed by atoms with Crippen molar-refractivity contribution >= 4 is 5.97 Å². The van der Waals surface area contributed by atoms with Crippen LogP contribution in [0.4, 0.5) is 0 Å². The Kier molecular flexibility index (Phi) is 6.73. The van der Waals surface area contributed by atoms with E-state index in [1.54, 1.807) is 14.1 Å². The van der Waals surface area contributed by atoms with E-state index >= 15 is 0 Å². The van der Waals surface area contributed by atoms with Crippen molar-refractivity contribution in [3.8, 4) is 0 Å². The molecule has 0 aliphatic rings. The zero-order chi connectivity index (χ0) is 11.8. The Morgan fingerprint density at radius 1 is 1.40 bits per heavy atom. The lowest BCUT2D eigenvalue weighted by molar-refractivity contribution is -0.136. The van der Waals surface area contributed by atoms with Crippen LogP contribution in [0, 0.1) is 0 Å². The number of carbonyl (C=O) groups is 1. The van der Waals surface area contributed by atoms with Crippen LogP contribution in [0.5, 0.6) is 0 Å². The standard InChI is InChI=1S/C10H20N2O3/c1-6-15-9(12-4)7(2)8(11-3)10(13)14-5/h9,11-12H,6H2,1-5H3/b8-7-. The molecule has 0 fully saturated rings. The lowest BCUT2D eigenvalue weighted by atomic mass is 10.2. The predicted octanol–water partition coefficient (Wildman–Crippen LogP) is 0.235. The summed E-state index contributed by atoms with van der Waals surface area (Å²) >= 11 is 0. The Balaban J connectivity index is 4.89. The molecule has 0 saturated carbocycles. The lowest BCUT2D eigenvalue weighted by Crippen LogP contribution is -2.33. The summed E-state index contributed by atoms with van der Waals surface area (Å²) in [6.45, 7) is 4.29. The third-order valence-corrected chi connectivity index (χ3v) is 2.02. The highest BCUT2D eigenvalue weighted by molar-refractivity contribution is 5.88. The van der Waals surface area contributed by atoms with E-state index in [4.69, 9.17) is 4.74 Å². The maximum Gasteiger partial charge on any atom is 0.354 e. The molecule has 0 saturated heterocycles. The van der Waals surface area contributed by atoms with Crippen molar-refractivity contribution < 1.29 is 14.3 Å². The fourth-order valence-corrected chi connectivity index (χ4v) is 1.28. The number of hydrogen-bond acceptors (Lipinski definition) is 5. The van der Waals surface area contributed by atoms with Gasteiger partial charge in [0.25, 0.3) is 0 Å². The van der Waals surface area contributed by atoms with Crippen LogP contribution in [0.3, 0.4) is 0 Å². The molecule has 5 heteroatoms. The van der Waals surface area contributed by atoms with Crippen molar-refractivity contribution in [1.29, 1.82) is 0 Å². The SMILES string of the molecule is CCOC(NC)/C(C)=C(\NC)C(=O)OC. The van der Waals surface area contributed by atoms with Crippen LogP contribution in [0.15, 0.2) is 11.3 Å². The molecule has 1 unspecified atom stereocenters. The molecule has 0 aliphatic carbocycles. The van der Waals surface area contributed by atoms with E-state index in [0.29, 0.717) is 12.3 Å². The zero-order valence-electron chi connectivity index (χ0n) is 10.0. The Bertz CT molecular complexity index is 239. The van der Waals surface area contributed by atoms with Crippen LogP contribution in [0.2, 0.25) is 0 Å². The topological polar surface area (TPSA) is 59.6 Å². The fourth-order valence-electron chi connectivity index (χ4n) is 1.28. The summed E-state index contributed by atoms with van der Waals surface area (Å²) in [6.07, 6.45) is -0.281. The van der Waals surface area contributed by atoms with Gasteiger partial charge >= 0.3 is 5.97 Å². The van der Waals surface area contributed by atoms with Crippen molar-refractivity contribution in [3.05, 3.63) is 11.3 Å². The molecule has 0 bridgehead atoms. The molecule has 88 valence electrons. The van der Waals surface area contributed by atoms with E-state index in [0.717, 1.165) is 5.57 Å². The van der Waals surface area contributed by atoms with Gasteiger partial charge in [-0.3, -0.25) is 5.32 Å². The molecule has 0 aromatic heterocycles. The Labute approximate surface area is 90.8 Å². The van der Waals surface area contributed by atoms with E-state index in [9.17, 15) is 4.79 Å². The minimum absolute atomic E-state index is 0.281. The van der Waals surface area contributed by atoms with Gasteiger partial charge in [-0.05, 0) is 20.9 Å². The van der Waals surface area contributed by atoms with E-state index in [1.807, 2.05) is 13.8 Å². The number of methoxy groups -OCH3 is 1. The second kappa shape index (κ2) is 7.25. The summed E-state index contributed by atoms with van der Waals surface area (Å²) in [5.74, 6) is -0.394. The normalized spacial score (nSPS) is 14.2. The van der Waals surface area contributed by atoms with Crippen LogP contribution in [0.25, 0.3) is 0 Å². The molecule has 0 aromatic rings. The van der Waals surface area contributed by atoms with Crippen LogP contribution >= 0.6 is 0 Å². The lowest BCUT2D eigenvalue weighted by Gasteiger charge is -2.19. The van der Waals surface area contributed by atoms with Crippen molar-refractivity contribution in [2.45, 2.75) is 20.1 Å². The smallest absolute Gasteiger partial charge is 0.354 e. The Hall–Kier alpha value is -1.07. The molecular formula is C10H20N2O3. The van der Waals surface area contributed by atoms with Crippen LogP contribution < -0.4 is 10.6 Å². The quantitative estimate of drug-likeness (QED) is 0.378. The molecule has 15 heavy (non-hydrogen) atoms. The molecule has 0 aliphatic heterocycles. The Morgan fingerprint density at radius 2 is 2.00 bits per heavy atom. The molecule has 2 N–H and O–H groups in total. The molecule has 0 spiro atoms. The molecule has 0 radical (unpaired) electrons. The van der Waals surface area contributed by atoms with E-state index in [2.05, 4.69) is 15.4 Å². The summed E-state index contributed by atoms with van der Waals surface area (Å²) in [4.78, 5) is 11.4. The zero-order valence-corrected chi connectivity index (χ0v) is 10.0. The van der Waals surface area contributed by atoms with Gasteiger partial charge in [0, 0.05) is 19.2 Å². The Morgan fingerprint density at radius 3 is 2.33 bits per heavy atom. The second-order valence-corrected chi connectivity index (χ2v) is 2.92. The minimum Gasteiger partial charge on any atom is -0.464 e. The number of hydrogen-bond donors (Lipinski definition) is 2. The summed E-state index contributed by atoms with van der Waals surface area (Å²) in [6, 6.07) is 0. The van der Waals surface area contributed by atoms with Gasteiger partial charge in [0.05, 0.1) is 7.11 Å². The van der Waals surface area contributed by atoms with Gasteiger partial charge in [0.1, 0.15) is 11.9 Å². The summed E-state index contributed by atoms with van der Waals surface area (Å²) in [5.41, 5.74) is 1.19. The predicted molar refractivity (Wildman–Crippen MR) is 58.2 cm³/mol.